The van der Waals surface area contributed by atoms with Crippen molar-refractivity contribution in [2.75, 3.05) is 18.7 Å². The summed E-state index contributed by atoms with van der Waals surface area (Å²) in [6, 6.07) is 5.94. The molecule has 0 unspecified atom stereocenters. The van der Waals surface area contributed by atoms with Crippen LogP contribution in [0.25, 0.3) is 0 Å². The number of ether oxygens (including phenoxy) is 2. The second-order valence-electron chi connectivity index (χ2n) is 5.32. The molecule has 1 aliphatic heterocycles. The van der Waals surface area contributed by atoms with Gasteiger partial charge in [0.25, 0.3) is 0 Å². The summed E-state index contributed by atoms with van der Waals surface area (Å²) in [4.78, 5) is 0. The molecule has 0 aromatic heterocycles. The van der Waals surface area contributed by atoms with E-state index in [1.54, 1.807) is 0 Å². The molecule has 3 heteroatoms. The lowest BCUT2D eigenvalue weighted by Gasteiger charge is -2.05. The lowest BCUT2D eigenvalue weighted by atomic mass is 10.1. The predicted octanol–water partition coefficient (Wildman–Crippen LogP) is 4.52. The van der Waals surface area contributed by atoms with Crippen LogP contribution in [0.3, 0.4) is 0 Å². The highest BCUT2D eigenvalue weighted by Gasteiger charge is 2.12. The highest BCUT2D eigenvalue weighted by Crippen LogP contribution is 2.34. The van der Waals surface area contributed by atoms with Gasteiger partial charge in [0.15, 0.2) is 11.5 Å². The highest BCUT2D eigenvalue weighted by molar-refractivity contribution is 5.55. The van der Waals surface area contributed by atoms with Crippen LogP contribution in [-0.4, -0.2) is 13.3 Å². The normalized spacial score (nSPS) is 13.2. The van der Waals surface area contributed by atoms with Crippen molar-refractivity contribution < 1.29 is 9.47 Å². The molecular weight excluding hydrogens is 250 g/mol. The van der Waals surface area contributed by atoms with Gasteiger partial charge >= 0.3 is 0 Å². The summed E-state index contributed by atoms with van der Waals surface area (Å²) in [6.07, 6.45) is 6.76. The number of hydrogen-bond acceptors (Lipinski definition) is 3. The van der Waals surface area contributed by atoms with E-state index >= 15 is 0 Å². The third-order valence-electron chi connectivity index (χ3n) is 3.22. The molecule has 1 aromatic rings. The number of anilines is 1. The fraction of sp³-hybridized carbons (Fsp3) is 0.412. The maximum atomic E-state index is 5.36. The lowest BCUT2D eigenvalue weighted by Crippen LogP contribution is -1.99. The molecule has 0 amide bonds. The van der Waals surface area contributed by atoms with Gasteiger partial charge in [-0.1, -0.05) is 23.3 Å². The van der Waals surface area contributed by atoms with Gasteiger partial charge < -0.3 is 14.8 Å². The summed E-state index contributed by atoms with van der Waals surface area (Å²) in [7, 11) is 0. The zero-order valence-corrected chi connectivity index (χ0v) is 12.5. The Bertz CT molecular complexity index is 514. The van der Waals surface area contributed by atoms with Gasteiger partial charge in [-0.3, -0.25) is 0 Å². The van der Waals surface area contributed by atoms with Crippen molar-refractivity contribution >= 4 is 5.69 Å². The molecule has 1 N–H and O–H groups in total. The van der Waals surface area contributed by atoms with Crippen molar-refractivity contribution in [2.24, 2.45) is 0 Å². The van der Waals surface area contributed by atoms with E-state index in [1.165, 1.54) is 11.1 Å². The molecule has 1 heterocycles. The summed E-state index contributed by atoms with van der Waals surface area (Å²) in [5, 5.41) is 3.38. The molecule has 20 heavy (non-hydrogen) atoms. The summed E-state index contributed by atoms with van der Waals surface area (Å²) in [5.41, 5.74) is 3.86. The Balaban J connectivity index is 1.79. The second-order valence-corrected chi connectivity index (χ2v) is 5.32. The van der Waals surface area contributed by atoms with Crippen LogP contribution in [0.2, 0.25) is 0 Å². The van der Waals surface area contributed by atoms with E-state index in [1.807, 2.05) is 18.2 Å². The molecule has 0 fully saturated rings. The summed E-state index contributed by atoms with van der Waals surface area (Å²) in [5.74, 6) is 1.64. The molecule has 2 rings (SSSR count). The number of rotatable bonds is 6. The Kier molecular flexibility index (Phi) is 5.10. The van der Waals surface area contributed by atoms with Crippen LogP contribution >= 0.6 is 0 Å². The van der Waals surface area contributed by atoms with E-state index in [9.17, 15) is 0 Å². The van der Waals surface area contributed by atoms with E-state index in [2.05, 4.69) is 38.2 Å². The molecule has 108 valence electrons. The molecule has 1 aliphatic rings. The maximum absolute atomic E-state index is 5.36. The zero-order valence-electron chi connectivity index (χ0n) is 12.5. The van der Waals surface area contributed by atoms with Gasteiger partial charge in [-0.25, -0.2) is 0 Å². The first kappa shape index (κ1) is 14.5. The van der Waals surface area contributed by atoms with Crippen molar-refractivity contribution in [3.8, 4) is 11.5 Å². The molecule has 0 bridgehead atoms. The fourth-order valence-electron chi connectivity index (χ4n) is 2.04. The maximum Gasteiger partial charge on any atom is 0.231 e. The third-order valence-corrected chi connectivity index (χ3v) is 3.22. The second kappa shape index (κ2) is 7.04. The SMILES string of the molecule is CC(C)=CCC/C(C)=C/CNc1ccc2c(c1)OCO2. The first-order chi connectivity index (χ1) is 9.65. The van der Waals surface area contributed by atoms with E-state index in [4.69, 9.17) is 9.47 Å². The van der Waals surface area contributed by atoms with Crippen molar-refractivity contribution in [1.82, 2.24) is 0 Å². The number of fused-ring (bicyclic) bond motifs is 1. The zero-order chi connectivity index (χ0) is 14.4. The van der Waals surface area contributed by atoms with Crippen LogP contribution in [0.1, 0.15) is 33.6 Å². The van der Waals surface area contributed by atoms with Gasteiger partial charge in [0, 0.05) is 18.3 Å². The van der Waals surface area contributed by atoms with Gasteiger partial charge in [-0.15, -0.1) is 0 Å². The average Bonchev–Trinajstić information content (AvgIpc) is 2.85. The van der Waals surface area contributed by atoms with Crippen LogP contribution in [0.4, 0.5) is 5.69 Å². The molecule has 3 nitrogen and oxygen atoms in total. The van der Waals surface area contributed by atoms with Gasteiger partial charge in [0.2, 0.25) is 6.79 Å². The van der Waals surface area contributed by atoms with Crippen LogP contribution in [-0.2, 0) is 0 Å². The van der Waals surface area contributed by atoms with E-state index < -0.39 is 0 Å². The summed E-state index contributed by atoms with van der Waals surface area (Å²) >= 11 is 0. The number of benzene rings is 1. The standard InChI is InChI=1S/C17H23NO2/c1-13(2)5-4-6-14(3)9-10-18-15-7-8-16-17(11-15)20-12-19-16/h5,7-9,11,18H,4,6,10,12H2,1-3H3/b14-9+. The Morgan fingerprint density at radius 1 is 1.15 bits per heavy atom. The number of nitrogens with one attached hydrogen (secondary N) is 1. The Morgan fingerprint density at radius 2 is 1.95 bits per heavy atom. The molecular formula is C17H23NO2. The number of hydrogen-bond donors (Lipinski definition) is 1. The van der Waals surface area contributed by atoms with Gasteiger partial charge in [-0.05, 0) is 45.7 Å². The van der Waals surface area contributed by atoms with E-state index in [0.717, 1.165) is 36.6 Å². The Labute approximate surface area is 121 Å². The van der Waals surface area contributed by atoms with Gasteiger partial charge in [0.05, 0.1) is 0 Å². The van der Waals surface area contributed by atoms with Crippen LogP contribution < -0.4 is 14.8 Å². The minimum atomic E-state index is 0.322. The fourth-order valence-corrected chi connectivity index (χ4v) is 2.04. The van der Waals surface area contributed by atoms with Crippen molar-refractivity contribution in [3.63, 3.8) is 0 Å². The average molecular weight is 273 g/mol. The summed E-state index contributed by atoms with van der Waals surface area (Å²) < 4.78 is 10.7. The quantitative estimate of drug-likeness (QED) is 0.773. The highest BCUT2D eigenvalue weighted by atomic mass is 16.7. The van der Waals surface area contributed by atoms with Gasteiger partial charge in [-0.2, -0.15) is 0 Å². The molecule has 0 saturated heterocycles. The third kappa shape index (κ3) is 4.34. The Morgan fingerprint density at radius 3 is 2.75 bits per heavy atom. The van der Waals surface area contributed by atoms with Crippen LogP contribution in [0, 0.1) is 0 Å². The molecule has 0 saturated carbocycles. The van der Waals surface area contributed by atoms with Crippen LogP contribution in [0.15, 0.2) is 41.5 Å². The van der Waals surface area contributed by atoms with Gasteiger partial charge in [0.1, 0.15) is 0 Å². The molecule has 1 aromatic carbocycles. The van der Waals surface area contributed by atoms with Crippen LogP contribution in [0.5, 0.6) is 11.5 Å². The van der Waals surface area contributed by atoms with E-state index in [0.29, 0.717) is 6.79 Å². The minimum absolute atomic E-state index is 0.322. The van der Waals surface area contributed by atoms with Crippen molar-refractivity contribution in [1.29, 1.82) is 0 Å². The molecule has 0 radical (unpaired) electrons. The molecule has 0 spiro atoms. The Hall–Kier alpha value is -1.90. The largest absolute Gasteiger partial charge is 0.454 e. The van der Waals surface area contributed by atoms with Crippen molar-refractivity contribution in [2.45, 2.75) is 33.6 Å². The topological polar surface area (TPSA) is 30.5 Å². The summed E-state index contributed by atoms with van der Waals surface area (Å²) in [6.45, 7) is 7.61. The lowest BCUT2D eigenvalue weighted by molar-refractivity contribution is 0.174. The minimum Gasteiger partial charge on any atom is -0.454 e. The number of allylic oxidation sites excluding steroid dienone is 3. The molecule has 0 aliphatic carbocycles. The predicted molar refractivity (Wildman–Crippen MR) is 83.5 cm³/mol. The first-order valence-corrected chi connectivity index (χ1v) is 7.07. The van der Waals surface area contributed by atoms with E-state index in [-0.39, 0.29) is 0 Å². The smallest absolute Gasteiger partial charge is 0.231 e. The van der Waals surface area contributed by atoms with Crippen molar-refractivity contribution in [3.05, 3.63) is 41.5 Å². The molecule has 0 atom stereocenters. The first-order valence-electron chi connectivity index (χ1n) is 7.07. The monoisotopic (exact) mass is 273 g/mol.